The van der Waals surface area contributed by atoms with Crippen molar-refractivity contribution in [2.45, 2.75) is 6.54 Å². The predicted octanol–water partition coefficient (Wildman–Crippen LogP) is 5.01. The molecule has 0 unspecified atom stereocenters. The molecule has 1 aliphatic heterocycles. The molecule has 4 rings (SSSR count). The number of ether oxygens (including phenoxy) is 1. The monoisotopic (exact) mass is 408 g/mol. The molecule has 0 spiro atoms. The van der Waals surface area contributed by atoms with E-state index in [0.29, 0.717) is 27.3 Å². The maximum absolute atomic E-state index is 11.9. The minimum atomic E-state index is -3.39. The molecule has 0 amide bonds. The van der Waals surface area contributed by atoms with Crippen molar-refractivity contribution in [3.8, 4) is 22.6 Å². The summed E-state index contributed by atoms with van der Waals surface area (Å²) in [4.78, 5) is 0. The van der Waals surface area contributed by atoms with Gasteiger partial charge in [-0.2, -0.15) is 0 Å². The number of hydrogen-bond acceptors (Lipinski definition) is 3. The van der Waals surface area contributed by atoms with Gasteiger partial charge in [-0.05, 0) is 29.8 Å². The Hall–Kier alpha value is -2.15. The second kappa shape index (κ2) is 6.54. The summed E-state index contributed by atoms with van der Waals surface area (Å²) in [7, 11) is -3.39. The molecule has 0 saturated heterocycles. The van der Waals surface area contributed by atoms with Crippen LogP contribution in [0.5, 0.6) is 11.5 Å². The Labute approximate surface area is 161 Å². The van der Waals surface area contributed by atoms with E-state index < -0.39 is 10.0 Å². The molecule has 1 aliphatic rings. The van der Waals surface area contributed by atoms with Crippen LogP contribution in [0.1, 0.15) is 0 Å². The summed E-state index contributed by atoms with van der Waals surface area (Å²) in [5, 5.41) is 0.645. The molecule has 2 heterocycles. The summed E-state index contributed by atoms with van der Waals surface area (Å²) in [6.07, 6.45) is 0. The number of benzene rings is 2. The molecule has 134 valence electrons. The number of hydrogen-bond donors (Lipinski definition) is 1. The van der Waals surface area contributed by atoms with Crippen LogP contribution in [0.2, 0.25) is 10.2 Å². The molecular weight excluding hydrogens is 395 g/mol. The van der Waals surface area contributed by atoms with E-state index in [9.17, 15) is 8.42 Å². The van der Waals surface area contributed by atoms with Gasteiger partial charge in [0.15, 0.2) is 0 Å². The Bertz CT molecular complexity index is 1060. The molecule has 0 radical (unpaired) electrons. The summed E-state index contributed by atoms with van der Waals surface area (Å²) in [6, 6.07) is 16.7. The van der Waals surface area contributed by atoms with Crippen LogP contribution >= 0.6 is 23.2 Å². The van der Waals surface area contributed by atoms with Gasteiger partial charge in [-0.1, -0.05) is 53.5 Å². The molecule has 1 aromatic heterocycles. The van der Waals surface area contributed by atoms with Crippen molar-refractivity contribution in [2.24, 2.45) is 0 Å². The second-order valence-electron chi connectivity index (χ2n) is 5.84. The Morgan fingerprint density at radius 2 is 1.62 bits per heavy atom. The number of sulfonamides is 1. The van der Waals surface area contributed by atoms with E-state index in [4.69, 9.17) is 27.9 Å². The van der Waals surface area contributed by atoms with Crippen LogP contribution in [0.3, 0.4) is 0 Å². The third-order valence-corrected chi connectivity index (χ3v) is 6.18. The lowest BCUT2D eigenvalue weighted by molar-refractivity contribution is 0.483. The zero-order valence-electron chi connectivity index (χ0n) is 13.4. The molecule has 2 aromatic carbocycles. The summed E-state index contributed by atoms with van der Waals surface area (Å²) >= 11 is 12.7. The first-order valence-corrected chi connectivity index (χ1v) is 10.3. The number of halogens is 2. The summed E-state index contributed by atoms with van der Waals surface area (Å²) in [5.41, 5.74) is 1.31. The normalized spacial score (nSPS) is 15.2. The summed E-state index contributed by atoms with van der Waals surface area (Å²) in [6.45, 7) is 0.262. The van der Waals surface area contributed by atoms with Crippen LogP contribution in [0.15, 0.2) is 54.6 Å². The van der Waals surface area contributed by atoms with Gasteiger partial charge in [0, 0.05) is 12.1 Å². The molecule has 5 nitrogen and oxygen atoms in total. The smallest absolute Gasteiger partial charge is 0.235 e. The highest BCUT2D eigenvalue weighted by Crippen LogP contribution is 2.44. The predicted molar refractivity (Wildman–Crippen MR) is 104 cm³/mol. The first-order chi connectivity index (χ1) is 12.4. The summed E-state index contributed by atoms with van der Waals surface area (Å²) < 4.78 is 33.9. The third kappa shape index (κ3) is 3.16. The molecule has 0 fully saturated rings. The topological polar surface area (TPSA) is 60.3 Å². The van der Waals surface area contributed by atoms with Crippen molar-refractivity contribution in [3.63, 3.8) is 0 Å². The maximum atomic E-state index is 11.9. The Morgan fingerprint density at radius 3 is 2.31 bits per heavy atom. The van der Waals surface area contributed by atoms with Crippen LogP contribution in [-0.2, 0) is 16.6 Å². The molecule has 0 aliphatic carbocycles. The number of aromatic nitrogens is 1. The number of para-hydroxylation sites is 1. The first-order valence-electron chi connectivity index (χ1n) is 7.86. The van der Waals surface area contributed by atoms with E-state index in [-0.39, 0.29) is 12.3 Å². The fourth-order valence-corrected chi connectivity index (χ4v) is 4.46. The van der Waals surface area contributed by atoms with Crippen LogP contribution in [0.4, 0.5) is 5.82 Å². The SMILES string of the molecule is O=S1(=O)CCn2c(Cl)c(Cl)c(-c3ccc(Oc4ccccc4)cc3)c2N1. The Balaban J connectivity index is 1.70. The van der Waals surface area contributed by atoms with Gasteiger partial charge in [0.25, 0.3) is 0 Å². The minimum Gasteiger partial charge on any atom is -0.457 e. The van der Waals surface area contributed by atoms with Crippen LogP contribution < -0.4 is 9.46 Å². The van der Waals surface area contributed by atoms with Crippen molar-refractivity contribution >= 4 is 39.0 Å². The van der Waals surface area contributed by atoms with Gasteiger partial charge in [-0.25, -0.2) is 8.42 Å². The molecule has 3 aromatic rings. The Kier molecular flexibility index (Phi) is 4.34. The molecule has 0 saturated carbocycles. The van der Waals surface area contributed by atoms with Crippen molar-refractivity contribution < 1.29 is 13.2 Å². The number of nitrogens with zero attached hydrogens (tertiary/aromatic N) is 1. The number of anilines is 1. The van der Waals surface area contributed by atoms with E-state index >= 15 is 0 Å². The van der Waals surface area contributed by atoms with Crippen molar-refractivity contribution in [3.05, 3.63) is 64.8 Å². The van der Waals surface area contributed by atoms with Crippen LogP contribution in [0.25, 0.3) is 11.1 Å². The van der Waals surface area contributed by atoms with E-state index in [0.717, 1.165) is 11.3 Å². The molecule has 1 N–H and O–H groups in total. The largest absolute Gasteiger partial charge is 0.457 e. The summed E-state index contributed by atoms with van der Waals surface area (Å²) in [5.74, 6) is 1.75. The first kappa shape index (κ1) is 17.3. The number of fused-ring (bicyclic) bond motifs is 1. The highest BCUT2D eigenvalue weighted by Gasteiger charge is 2.29. The fraction of sp³-hybridized carbons (Fsp3) is 0.111. The lowest BCUT2D eigenvalue weighted by atomic mass is 10.1. The second-order valence-corrected chi connectivity index (χ2v) is 8.42. The Morgan fingerprint density at radius 1 is 0.962 bits per heavy atom. The van der Waals surface area contributed by atoms with Gasteiger partial charge in [-0.15, -0.1) is 0 Å². The van der Waals surface area contributed by atoms with Crippen LogP contribution in [0, 0.1) is 0 Å². The fourth-order valence-electron chi connectivity index (χ4n) is 2.86. The van der Waals surface area contributed by atoms with Crippen molar-refractivity contribution in [1.82, 2.24) is 4.57 Å². The van der Waals surface area contributed by atoms with Crippen molar-refractivity contribution in [2.75, 3.05) is 10.5 Å². The van der Waals surface area contributed by atoms with Crippen LogP contribution in [-0.4, -0.2) is 18.7 Å². The quantitative estimate of drug-likeness (QED) is 0.662. The standard InChI is InChI=1S/C18H14Cl2N2O3S/c19-16-15(18-21-26(23,24)11-10-22(18)17(16)20)12-6-8-14(9-7-12)25-13-4-2-1-3-5-13/h1-9,21H,10-11H2. The average Bonchev–Trinajstić information content (AvgIpc) is 2.86. The highest BCUT2D eigenvalue weighted by molar-refractivity contribution is 7.92. The van der Waals surface area contributed by atoms with Crippen molar-refractivity contribution in [1.29, 1.82) is 0 Å². The van der Waals surface area contributed by atoms with E-state index in [1.165, 1.54) is 0 Å². The zero-order valence-corrected chi connectivity index (χ0v) is 15.8. The van der Waals surface area contributed by atoms with Gasteiger partial charge in [0.1, 0.15) is 22.5 Å². The zero-order chi connectivity index (χ0) is 18.3. The molecule has 8 heteroatoms. The van der Waals surface area contributed by atoms with E-state index in [1.807, 2.05) is 42.5 Å². The third-order valence-electron chi connectivity index (χ3n) is 4.10. The molecular formula is C18H14Cl2N2O3S. The van der Waals surface area contributed by atoms with E-state index in [1.54, 1.807) is 16.7 Å². The lowest BCUT2D eigenvalue weighted by Gasteiger charge is -2.19. The molecule has 26 heavy (non-hydrogen) atoms. The number of nitrogens with one attached hydrogen (secondary N) is 1. The average molecular weight is 409 g/mol. The van der Waals surface area contributed by atoms with Gasteiger partial charge >= 0.3 is 0 Å². The van der Waals surface area contributed by atoms with E-state index in [2.05, 4.69) is 4.72 Å². The maximum Gasteiger partial charge on any atom is 0.235 e. The van der Waals surface area contributed by atoms with Gasteiger partial charge in [0.2, 0.25) is 10.0 Å². The number of rotatable bonds is 3. The van der Waals surface area contributed by atoms with Gasteiger partial charge < -0.3 is 9.30 Å². The highest BCUT2D eigenvalue weighted by atomic mass is 35.5. The molecule has 0 bridgehead atoms. The minimum absolute atomic E-state index is 0.0337. The van der Waals surface area contributed by atoms with Gasteiger partial charge in [0.05, 0.1) is 10.8 Å². The molecule has 0 atom stereocenters. The van der Waals surface area contributed by atoms with Gasteiger partial charge in [-0.3, -0.25) is 4.72 Å². The lowest BCUT2D eigenvalue weighted by Crippen LogP contribution is -2.27.